The minimum Gasteiger partial charge on any atom is -0.456 e. The molecule has 0 bridgehead atoms. The van der Waals surface area contributed by atoms with Crippen molar-refractivity contribution in [2.45, 2.75) is 6.42 Å². The summed E-state index contributed by atoms with van der Waals surface area (Å²) in [6, 6.07) is 8.91. The molecule has 0 spiro atoms. The van der Waals surface area contributed by atoms with Crippen LogP contribution in [0, 0.1) is 12.3 Å². The minimum atomic E-state index is -3.66. The lowest BCUT2D eigenvalue weighted by atomic mass is 10.2. The molecule has 2 N–H and O–H groups in total. The molecule has 1 aromatic carbocycles. The lowest BCUT2D eigenvalue weighted by molar-refractivity contribution is -0.148. The van der Waals surface area contributed by atoms with E-state index in [2.05, 4.69) is 20.7 Å². The number of sulfonamides is 1. The highest BCUT2D eigenvalue weighted by molar-refractivity contribution is 7.92. The molecule has 0 radical (unpaired) electrons. The van der Waals surface area contributed by atoms with Crippen LogP contribution in [-0.2, 0) is 24.3 Å². The van der Waals surface area contributed by atoms with Gasteiger partial charge in [-0.1, -0.05) is 36.3 Å². The highest BCUT2D eigenvalue weighted by atomic mass is 32.2. The SMILES string of the molecule is C#CCNC(=O)COC(=O)CCNS(=O)(=O)/C=C/c1ccccc1. The van der Waals surface area contributed by atoms with Crippen LogP contribution >= 0.6 is 0 Å². The molecule has 1 rings (SSSR count). The van der Waals surface area contributed by atoms with Gasteiger partial charge < -0.3 is 10.1 Å². The first-order valence-electron chi connectivity index (χ1n) is 7.01. The molecule has 0 unspecified atom stereocenters. The number of esters is 1. The summed E-state index contributed by atoms with van der Waals surface area (Å²) in [5.74, 6) is 0.991. The summed E-state index contributed by atoms with van der Waals surface area (Å²) in [6.45, 7) is -0.544. The van der Waals surface area contributed by atoms with Gasteiger partial charge in [0.2, 0.25) is 10.0 Å². The Bertz CT molecular complexity index is 721. The molecule has 0 aliphatic heterocycles. The molecule has 0 aromatic heterocycles. The monoisotopic (exact) mass is 350 g/mol. The van der Waals surface area contributed by atoms with Crippen LogP contribution in [0.25, 0.3) is 6.08 Å². The third-order valence-electron chi connectivity index (χ3n) is 2.62. The van der Waals surface area contributed by atoms with Gasteiger partial charge in [0.1, 0.15) is 0 Å². The zero-order valence-electron chi connectivity index (χ0n) is 12.9. The Hall–Kier alpha value is -2.63. The first-order chi connectivity index (χ1) is 11.4. The van der Waals surface area contributed by atoms with Crippen LogP contribution < -0.4 is 10.0 Å². The molecule has 0 atom stereocenters. The smallest absolute Gasteiger partial charge is 0.307 e. The summed E-state index contributed by atoms with van der Waals surface area (Å²) < 4.78 is 30.4. The summed E-state index contributed by atoms with van der Waals surface area (Å²) in [6.07, 6.45) is 6.21. The van der Waals surface area contributed by atoms with E-state index < -0.39 is 28.5 Å². The van der Waals surface area contributed by atoms with E-state index in [-0.39, 0.29) is 19.5 Å². The molecule has 8 heteroatoms. The van der Waals surface area contributed by atoms with E-state index in [0.717, 1.165) is 11.0 Å². The van der Waals surface area contributed by atoms with Crippen LogP contribution in [-0.4, -0.2) is 40.0 Å². The summed E-state index contributed by atoms with van der Waals surface area (Å²) in [5, 5.41) is 3.34. The van der Waals surface area contributed by atoms with Crippen molar-refractivity contribution in [1.29, 1.82) is 0 Å². The molecule has 1 amide bonds. The Labute approximate surface area is 141 Å². The van der Waals surface area contributed by atoms with E-state index in [1.165, 1.54) is 6.08 Å². The van der Waals surface area contributed by atoms with Crippen LogP contribution in [0.3, 0.4) is 0 Å². The molecule has 128 valence electrons. The molecule has 1 aromatic rings. The number of terminal acetylenes is 1. The van der Waals surface area contributed by atoms with Gasteiger partial charge in [-0.3, -0.25) is 9.59 Å². The molecule has 0 aliphatic rings. The fraction of sp³-hybridized carbons (Fsp3) is 0.250. The maximum absolute atomic E-state index is 11.7. The zero-order valence-corrected chi connectivity index (χ0v) is 13.7. The van der Waals surface area contributed by atoms with Gasteiger partial charge in [0.15, 0.2) is 6.61 Å². The van der Waals surface area contributed by atoms with Gasteiger partial charge in [0.05, 0.1) is 13.0 Å². The van der Waals surface area contributed by atoms with Crippen LogP contribution in [0.1, 0.15) is 12.0 Å². The predicted octanol–water partition coefficient (Wildman–Crippen LogP) is 0.259. The number of nitrogens with one attached hydrogen (secondary N) is 2. The van der Waals surface area contributed by atoms with E-state index >= 15 is 0 Å². The molecule has 24 heavy (non-hydrogen) atoms. The van der Waals surface area contributed by atoms with Gasteiger partial charge in [-0.15, -0.1) is 6.42 Å². The Morgan fingerprint density at radius 3 is 2.62 bits per heavy atom. The lowest BCUT2D eigenvalue weighted by Gasteiger charge is -2.05. The zero-order chi connectivity index (χ0) is 17.8. The van der Waals surface area contributed by atoms with Gasteiger partial charge in [0, 0.05) is 12.0 Å². The topological polar surface area (TPSA) is 102 Å². The Morgan fingerprint density at radius 1 is 1.25 bits per heavy atom. The maximum Gasteiger partial charge on any atom is 0.307 e. The highest BCUT2D eigenvalue weighted by Crippen LogP contribution is 2.02. The van der Waals surface area contributed by atoms with Gasteiger partial charge in [-0.2, -0.15) is 0 Å². The van der Waals surface area contributed by atoms with Gasteiger partial charge in [-0.25, -0.2) is 13.1 Å². The standard InChI is InChI=1S/C16H18N2O5S/c1-2-10-17-15(19)13-23-16(20)8-11-18-24(21,22)12-9-14-6-4-3-5-7-14/h1,3-7,9,12,18H,8,10-11,13H2,(H,17,19)/b12-9+. The van der Waals surface area contributed by atoms with Crippen molar-refractivity contribution in [3.63, 3.8) is 0 Å². The molecular weight excluding hydrogens is 332 g/mol. The molecule has 7 nitrogen and oxygen atoms in total. The van der Waals surface area contributed by atoms with Gasteiger partial charge >= 0.3 is 5.97 Å². The van der Waals surface area contributed by atoms with Crippen molar-refractivity contribution in [3.05, 3.63) is 41.3 Å². The number of carbonyl (C=O) groups is 2. The third-order valence-corrected chi connectivity index (χ3v) is 3.72. The molecule has 0 heterocycles. The van der Waals surface area contributed by atoms with Crippen molar-refractivity contribution in [2.75, 3.05) is 19.7 Å². The predicted molar refractivity (Wildman–Crippen MR) is 89.8 cm³/mol. The molecule has 0 aliphatic carbocycles. The first-order valence-corrected chi connectivity index (χ1v) is 8.56. The quantitative estimate of drug-likeness (QED) is 0.491. The van der Waals surface area contributed by atoms with Crippen LogP contribution in [0.2, 0.25) is 0 Å². The first kappa shape index (κ1) is 19.4. The summed E-state index contributed by atoms with van der Waals surface area (Å²) in [7, 11) is -3.66. The molecule has 0 saturated carbocycles. The number of carbonyl (C=O) groups excluding carboxylic acids is 2. The lowest BCUT2D eigenvalue weighted by Crippen LogP contribution is -2.30. The van der Waals surface area contributed by atoms with E-state index in [1.807, 2.05) is 6.07 Å². The second kappa shape index (κ2) is 10.2. The fourth-order valence-corrected chi connectivity index (χ4v) is 2.31. The fourth-order valence-electron chi connectivity index (χ4n) is 1.49. The van der Waals surface area contributed by atoms with Crippen LogP contribution in [0.5, 0.6) is 0 Å². The highest BCUT2D eigenvalue weighted by Gasteiger charge is 2.09. The van der Waals surface area contributed by atoms with E-state index in [0.29, 0.717) is 0 Å². The molecular formula is C16H18N2O5S. The second-order valence-electron chi connectivity index (χ2n) is 4.54. The van der Waals surface area contributed by atoms with Crippen LogP contribution in [0.15, 0.2) is 35.7 Å². The average molecular weight is 350 g/mol. The van der Waals surface area contributed by atoms with Crippen molar-refractivity contribution >= 4 is 28.0 Å². The maximum atomic E-state index is 11.7. The number of benzene rings is 1. The number of hydrogen-bond donors (Lipinski definition) is 2. The Morgan fingerprint density at radius 2 is 1.96 bits per heavy atom. The molecule has 0 saturated heterocycles. The van der Waals surface area contributed by atoms with Gasteiger partial charge in [0.25, 0.3) is 5.91 Å². The Kier molecular flexibility index (Phi) is 8.25. The van der Waals surface area contributed by atoms with Crippen LogP contribution in [0.4, 0.5) is 0 Å². The minimum absolute atomic E-state index is 0.0456. The Balaban J connectivity index is 2.30. The van der Waals surface area contributed by atoms with Crippen molar-refractivity contribution in [3.8, 4) is 12.3 Å². The number of ether oxygens (including phenoxy) is 1. The van der Waals surface area contributed by atoms with E-state index in [9.17, 15) is 18.0 Å². The average Bonchev–Trinajstić information content (AvgIpc) is 2.57. The van der Waals surface area contributed by atoms with Gasteiger partial charge in [-0.05, 0) is 11.6 Å². The van der Waals surface area contributed by atoms with Crippen molar-refractivity contribution in [2.24, 2.45) is 0 Å². The van der Waals surface area contributed by atoms with E-state index in [4.69, 9.17) is 6.42 Å². The normalized spacial score (nSPS) is 11.0. The number of hydrogen-bond acceptors (Lipinski definition) is 5. The summed E-state index contributed by atoms with van der Waals surface area (Å²) in [4.78, 5) is 22.5. The summed E-state index contributed by atoms with van der Waals surface area (Å²) >= 11 is 0. The second-order valence-corrected chi connectivity index (χ2v) is 6.20. The third kappa shape index (κ3) is 8.73. The molecule has 0 fully saturated rings. The van der Waals surface area contributed by atoms with E-state index in [1.54, 1.807) is 24.3 Å². The largest absolute Gasteiger partial charge is 0.456 e. The van der Waals surface area contributed by atoms with Crippen molar-refractivity contribution in [1.82, 2.24) is 10.0 Å². The number of rotatable bonds is 9. The summed E-state index contributed by atoms with van der Waals surface area (Å²) in [5.41, 5.74) is 0.736. The number of amides is 1. The van der Waals surface area contributed by atoms with Crippen molar-refractivity contribution < 1.29 is 22.7 Å².